The maximum atomic E-state index is 12.6. The van der Waals surface area contributed by atoms with Gasteiger partial charge in [-0.3, -0.25) is 9.35 Å². The van der Waals surface area contributed by atoms with Gasteiger partial charge in [0.15, 0.2) is 0 Å². The third-order valence-electron chi connectivity index (χ3n) is 3.63. The quantitative estimate of drug-likeness (QED) is 0.583. The van der Waals surface area contributed by atoms with Crippen molar-refractivity contribution in [3.05, 3.63) is 54.1 Å². The summed E-state index contributed by atoms with van der Waals surface area (Å²) in [6.45, 7) is 2.24. The van der Waals surface area contributed by atoms with E-state index in [1.54, 1.807) is 42.5 Å². The van der Waals surface area contributed by atoms with Gasteiger partial charge in [0.25, 0.3) is 16.0 Å². The summed E-state index contributed by atoms with van der Waals surface area (Å²) < 4.78 is 36.4. The average Bonchev–Trinajstić information content (AvgIpc) is 2.60. The molecule has 0 radical (unpaired) electrons. The Hall–Kier alpha value is -2.91. The Morgan fingerprint density at radius 1 is 1.07 bits per heavy atom. The smallest absolute Gasteiger partial charge is 0.327 e. The van der Waals surface area contributed by atoms with E-state index in [9.17, 15) is 18.0 Å². The van der Waals surface area contributed by atoms with Gasteiger partial charge in [-0.15, -0.1) is 0 Å². The molecule has 1 amide bonds. The van der Waals surface area contributed by atoms with Gasteiger partial charge < -0.3 is 15.2 Å². The highest BCUT2D eigenvalue weighted by Gasteiger charge is 2.27. The number of para-hydroxylation sites is 1. The zero-order chi connectivity index (χ0) is 20.0. The lowest BCUT2D eigenvalue weighted by molar-refractivity contribution is -0.138. The molecule has 2 rings (SSSR count). The Bertz CT molecular complexity index is 940. The van der Waals surface area contributed by atoms with Gasteiger partial charge in [-0.2, -0.15) is 8.42 Å². The second kappa shape index (κ2) is 8.65. The van der Waals surface area contributed by atoms with Crippen molar-refractivity contribution < 1.29 is 32.4 Å². The minimum Gasteiger partial charge on any atom is -0.493 e. The van der Waals surface area contributed by atoms with E-state index in [0.29, 0.717) is 23.5 Å². The van der Waals surface area contributed by atoms with Gasteiger partial charge in [0.05, 0.1) is 6.61 Å². The fourth-order valence-corrected chi connectivity index (χ4v) is 3.15. The maximum absolute atomic E-state index is 12.6. The van der Waals surface area contributed by atoms with E-state index >= 15 is 0 Å². The third kappa shape index (κ3) is 5.53. The summed E-state index contributed by atoms with van der Waals surface area (Å²) >= 11 is 0. The molecule has 144 valence electrons. The summed E-state index contributed by atoms with van der Waals surface area (Å²) in [5.74, 6) is -2.94. The number of amides is 1. The highest BCUT2D eigenvalue weighted by molar-refractivity contribution is 7.85. The molecule has 0 aliphatic rings. The van der Waals surface area contributed by atoms with Gasteiger partial charge in [-0.1, -0.05) is 36.4 Å². The van der Waals surface area contributed by atoms with E-state index in [0.717, 1.165) is 0 Å². The van der Waals surface area contributed by atoms with Crippen molar-refractivity contribution in [2.24, 2.45) is 0 Å². The second-order valence-electron chi connectivity index (χ2n) is 5.59. The molecule has 0 spiro atoms. The number of carbonyl (C=O) groups excluding carboxylic acids is 1. The molecule has 3 N–H and O–H groups in total. The van der Waals surface area contributed by atoms with Crippen LogP contribution in [0.1, 0.15) is 17.3 Å². The number of rotatable bonds is 8. The van der Waals surface area contributed by atoms with Crippen LogP contribution in [0.2, 0.25) is 0 Å². The normalized spacial score (nSPS) is 12.2. The van der Waals surface area contributed by atoms with Crippen molar-refractivity contribution in [1.82, 2.24) is 5.32 Å². The van der Waals surface area contributed by atoms with Crippen LogP contribution in [-0.4, -0.2) is 48.4 Å². The van der Waals surface area contributed by atoms with Crippen LogP contribution in [0, 0.1) is 0 Å². The molecule has 9 heteroatoms. The van der Waals surface area contributed by atoms with Crippen LogP contribution in [0.4, 0.5) is 0 Å². The second-order valence-corrected chi connectivity index (χ2v) is 7.08. The van der Waals surface area contributed by atoms with Gasteiger partial charge in [-0.25, -0.2) is 4.79 Å². The molecule has 0 aromatic heterocycles. The van der Waals surface area contributed by atoms with E-state index < -0.39 is 33.8 Å². The molecule has 0 heterocycles. The lowest BCUT2D eigenvalue weighted by atomic mass is 9.98. The number of ether oxygens (including phenoxy) is 1. The van der Waals surface area contributed by atoms with E-state index in [2.05, 4.69) is 5.32 Å². The van der Waals surface area contributed by atoms with Crippen molar-refractivity contribution in [1.29, 1.82) is 0 Å². The largest absolute Gasteiger partial charge is 0.493 e. The Balaban J connectivity index is 2.40. The van der Waals surface area contributed by atoms with E-state index in [1.165, 1.54) is 6.07 Å². The van der Waals surface area contributed by atoms with Crippen LogP contribution in [0.25, 0.3) is 11.1 Å². The molecule has 0 fully saturated rings. The Morgan fingerprint density at radius 3 is 2.26 bits per heavy atom. The summed E-state index contributed by atoms with van der Waals surface area (Å²) in [6, 6.07) is 11.7. The predicted molar refractivity (Wildman–Crippen MR) is 98.4 cm³/mol. The number of carboxylic acid groups (broad SMARTS) is 1. The minimum absolute atomic E-state index is 0.145. The first kappa shape index (κ1) is 20.4. The van der Waals surface area contributed by atoms with Gasteiger partial charge in [0, 0.05) is 11.1 Å². The van der Waals surface area contributed by atoms with Crippen LogP contribution in [-0.2, 0) is 14.9 Å². The van der Waals surface area contributed by atoms with E-state index in [1.807, 2.05) is 6.92 Å². The SMILES string of the molecule is CCOc1ccccc1-c1ccccc1C(=O)NC(CS(=O)(=O)O)C(=O)O. The average molecular weight is 393 g/mol. The maximum Gasteiger partial charge on any atom is 0.327 e. The van der Waals surface area contributed by atoms with Crippen molar-refractivity contribution in [2.75, 3.05) is 12.4 Å². The standard InChI is InChI=1S/C18H19NO7S/c1-2-26-16-10-6-5-8-13(16)12-7-3-4-9-14(12)17(20)19-15(18(21)22)11-27(23,24)25/h3-10,15H,2,11H2,1H3,(H,19,20)(H,21,22)(H,23,24,25). The van der Waals surface area contributed by atoms with Gasteiger partial charge >= 0.3 is 5.97 Å². The third-order valence-corrected chi connectivity index (χ3v) is 4.38. The molecule has 0 aliphatic heterocycles. The van der Waals surface area contributed by atoms with Crippen LogP contribution < -0.4 is 10.1 Å². The highest BCUT2D eigenvalue weighted by Crippen LogP contribution is 2.32. The molecule has 0 aliphatic carbocycles. The molecular formula is C18H19NO7S. The molecule has 2 aromatic carbocycles. The zero-order valence-electron chi connectivity index (χ0n) is 14.5. The van der Waals surface area contributed by atoms with Gasteiger partial charge in [0.1, 0.15) is 17.5 Å². The predicted octanol–water partition coefficient (Wildman–Crippen LogP) is 1.82. The molecule has 8 nitrogen and oxygen atoms in total. The summed E-state index contributed by atoms with van der Waals surface area (Å²) in [7, 11) is -4.59. The van der Waals surface area contributed by atoms with E-state index in [4.69, 9.17) is 14.4 Å². The van der Waals surface area contributed by atoms with E-state index in [-0.39, 0.29) is 5.56 Å². The molecule has 2 aromatic rings. The van der Waals surface area contributed by atoms with Crippen molar-refractivity contribution in [3.63, 3.8) is 0 Å². The lowest BCUT2D eigenvalue weighted by Crippen LogP contribution is -2.45. The van der Waals surface area contributed by atoms with Crippen molar-refractivity contribution in [3.8, 4) is 16.9 Å². The Labute approximate surface area is 156 Å². The highest BCUT2D eigenvalue weighted by atomic mass is 32.2. The van der Waals surface area contributed by atoms with Crippen molar-refractivity contribution in [2.45, 2.75) is 13.0 Å². The van der Waals surface area contributed by atoms with Crippen LogP contribution in [0.15, 0.2) is 48.5 Å². The Kier molecular flexibility index (Phi) is 6.54. The number of benzene rings is 2. The van der Waals surface area contributed by atoms with Gasteiger partial charge in [-0.05, 0) is 24.6 Å². The first-order chi connectivity index (χ1) is 12.7. The van der Waals surface area contributed by atoms with Gasteiger partial charge in [0.2, 0.25) is 0 Å². The van der Waals surface area contributed by atoms with Crippen LogP contribution in [0.5, 0.6) is 5.75 Å². The first-order valence-corrected chi connectivity index (χ1v) is 9.64. The molecule has 0 bridgehead atoms. The topological polar surface area (TPSA) is 130 Å². The molecule has 1 unspecified atom stereocenters. The number of aliphatic carboxylic acids is 1. The number of hydrogen-bond donors (Lipinski definition) is 3. The fourth-order valence-electron chi connectivity index (χ4n) is 2.51. The summed E-state index contributed by atoms with van der Waals surface area (Å²) in [4.78, 5) is 23.8. The number of nitrogens with one attached hydrogen (secondary N) is 1. The van der Waals surface area contributed by atoms with Crippen LogP contribution in [0.3, 0.4) is 0 Å². The van der Waals surface area contributed by atoms with Crippen LogP contribution >= 0.6 is 0 Å². The summed E-state index contributed by atoms with van der Waals surface area (Å²) in [6.07, 6.45) is 0. The zero-order valence-corrected chi connectivity index (χ0v) is 15.3. The molecule has 0 saturated heterocycles. The Morgan fingerprint density at radius 2 is 1.67 bits per heavy atom. The molecule has 1 atom stereocenters. The summed E-state index contributed by atoms with van der Waals surface area (Å²) in [5, 5.41) is 11.3. The lowest BCUT2D eigenvalue weighted by Gasteiger charge is -2.16. The first-order valence-electron chi connectivity index (χ1n) is 8.03. The number of hydrogen-bond acceptors (Lipinski definition) is 5. The van der Waals surface area contributed by atoms with Crippen molar-refractivity contribution >= 4 is 22.0 Å². The monoisotopic (exact) mass is 393 g/mol. The number of carbonyl (C=O) groups is 2. The molecule has 0 saturated carbocycles. The molecule has 27 heavy (non-hydrogen) atoms. The summed E-state index contributed by atoms with van der Waals surface area (Å²) in [5.41, 5.74) is 1.27. The minimum atomic E-state index is -4.59. The molecular weight excluding hydrogens is 374 g/mol. The fraction of sp³-hybridized carbons (Fsp3) is 0.222. The number of carboxylic acids is 1.